The number of methoxy groups -OCH3 is 2. The summed E-state index contributed by atoms with van der Waals surface area (Å²) in [6, 6.07) is 5.20. The summed E-state index contributed by atoms with van der Waals surface area (Å²) in [7, 11) is 3.07. The number of aromatic amines is 1. The molecule has 0 atom stereocenters. The number of aryl methyl sites for hydroxylation is 1. The molecule has 4 aromatic rings. The molecule has 0 saturated carbocycles. The minimum atomic E-state index is -0.259. The first kappa shape index (κ1) is 24.7. The van der Waals surface area contributed by atoms with E-state index in [1.807, 2.05) is 20.8 Å². The van der Waals surface area contributed by atoms with Gasteiger partial charge in [0, 0.05) is 23.4 Å². The summed E-state index contributed by atoms with van der Waals surface area (Å²) >= 11 is 0. The molecule has 0 aliphatic carbocycles. The van der Waals surface area contributed by atoms with Gasteiger partial charge in [0.1, 0.15) is 12.1 Å². The van der Waals surface area contributed by atoms with E-state index in [4.69, 9.17) is 18.9 Å². The van der Waals surface area contributed by atoms with Crippen LogP contribution in [0.1, 0.15) is 30.8 Å². The molecular weight excluding hydrogens is 464 g/mol. The molecule has 4 rings (SSSR count). The number of benzene rings is 1. The van der Waals surface area contributed by atoms with Gasteiger partial charge in [-0.05, 0) is 26.3 Å². The van der Waals surface area contributed by atoms with Crippen LogP contribution in [0.3, 0.4) is 0 Å². The van der Waals surface area contributed by atoms with Gasteiger partial charge in [0.25, 0.3) is 0 Å². The number of carbonyl (C=O) groups excluding carboxylic acids is 1. The van der Waals surface area contributed by atoms with Crippen LogP contribution in [0, 0.1) is 6.92 Å². The Kier molecular flexibility index (Phi) is 7.47. The number of anilines is 1. The third-order valence-corrected chi connectivity index (χ3v) is 5.57. The topological polar surface area (TPSA) is 133 Å². The monoisotopic (exact) mass is 492 g/mol. The first-order valence-electron chi connectivity index (χ1n) is 11.5. The summed E-state index contributed by atoms with van der Waals surface area (Å²) in [5, 5.41) is 10.6. The predicted molar refractivity (Wildman–Crippen MR) is 133 cm³/mol. The van der Waals surface area contributed by atoms with Crippen molar-refractivity contribution >= 4 is 22.6 Å². The Morgan fingerprint density at radius 3 is 2.53 bits per heavy atom. The lowest BCUT2D eigenvalue weighted by molar-refractivity contribution is -0.115. The van der Waals surface area contributed by atoms with Crippen molar-refractivity contribution in [2.75, 3.05) is 26.1 Å². The van der Waals surface area contributed by atoms with Crippen molar-refractivity contribution in [3.05, 3.63) is 47.7 Å². The molecule has 0 saturated heterocycles. The second-order valence-electron chi connectivity index (χ2n) is 7.81. The van der Waals surface area contributed by atoms with E-state index in [1.54, 1.807) is 25.3 Å². The van der Waals surface area contributed by atoms with Crippen molar-refractivity contribution in [1.29, 1.82) is 0 Å². The lowest BCUT2D eigenvalue weighted by Gasteiger charge is -2.13. The Hall–Kier alpha value is -4.41. The van der Waals surface area contributed by atoms with Crippen LogP contribution in [0.15, 0.2) is 30.7 Å². The van der Waals surface area contributed by atoms with Gasteiger partial charge in [0.2, 0.25) is 11.8 Å². The van der Waals surface area contributed by atoms with E-state index in [1.165, 1.54) is 19.6 Å². The van der Waals surface area contributed by atoms with E-state index < -0.39 is 0 Å². The average Bonchev–Trinajstić information content (AvgIpc) is 3.23. The standard InChI is InChI=1S/C25H28N6O5/c1-6-17-14(3)24(31-30-17)29-23(32)11-19-20(33-4)8-15(12-26-19)36-25-16-9-21(34-5)22(35-7-2)10-18(16)27-13-28-25/h8-10,12-13H,6-7,11H2,1-5H3,(H2,29,30,31,32). The molecule has 0 radical (unpaired) electrons. The van der Waals surface area contributed by atoms with Crippen LogP contribution in [-0.4, -0.2) is 51.9 Å². The maximum Gasteiger partial charge on any atom is 0.231 e. The molecule has 1 aromatic carbocycles. The summed E-state index contributed by atoms with van der Waals surface area (Å²) in [6.07, 6.45) is 3.72. The molecule has 2 N–H and O–H groups in total. The number of aromatic nitrogens is 5. The van der Waals surface area contributed by atoms with Crippen LogP contribution in [0.5, 0.6) is 28.9 Å². The summed E-state index contributed by atoms with van der Waals surface area (Å²) < 4.78 is 22.6. The number of fused-ring (bicyclic) bond motifs is 1. The van der Waals surface area contributed by atoms with Crippen molar-refractivity contribution in [3.63, 3.8) is 0 Å². The molecular formula is C25H28N6O5. The van der Waals surface area contributed by atoms with E-state index in [2.05, 4.69) is 30.5 Å². The molecule has 0 fully saturated rings. The summed E-state index contributed by atoms with van der Waals surface area (Å²) in [5.74, 6) is 2.49. The van der Waals surface area contributed by atoms with Crippen molar-refractivity contribution in [1.82, 2.24) is 25.1 Å². The maximum absolute atomic E-state index is 12.6. The maximum atomic E-state index is 12.6. The Bertz CT molecular complexity index is 1390. The molecule has 0 spiro atoms. The molecule has 0 aliphatic rings. The highest BCUT2D eigenvalue weighted by molar-refractivity contribution is 5.92. The van der Waals surface area contributed by atoms with Crippen LogP contribution in [0.2, 0.25) is 0 Å². The van der Waals surface area contributed by atoms with Gasteiger partial charge in [0.15, 0.2) is 23.1 Å². The second kappa shape index (κ2) is 10.9. The zero-order valence-electron chi connectivity index (χ0n) is 20.8. The number of H-pyrrole nitrogens is 1. The number of hydrogen-bond acceptors (Lipinski definition) is 9. The molecule has 3 heterocycles. The molecule has 3 aromatic heterocycles. The van der Waals surface area contributed by atoms with Gasteiger partial charge in [-0.1, -0.05) is 6.92 Å². The highest BCUT2D eigenvalue weighted by Gasteiger charge is 2.17. The smallest absolute Gasteiger partial charge is 0.231 e. The van der Waals surface area contributed by atoms with Crippen LogP contribution >= 0.6 is 0 Å². The Labute approximate surface area is 208 Å². The number of rotatable bonds is 10. The minimum absolute atomic E-state index is 0.00501. The highest BCUT2D eigenvalue weighted by atomic mass is 16.5. The van der Waals surface area contributed by atoms with E-state index >= 15 is 0 Å². The SMILES string of the molecule is CCOc1cc2ncnc(Oc3cnc(CC(=O)Nc4n[nH]c(CC)c4C)c(OC)c3)c2cc1OC. The van der Waals surface area contributed by atoms with Gasteiger partial charge in [0.05, 0.1) is 50.0 Å². The van der Waals surface area contributed by atoms with Crippen molar-refractivity contribution in [3.8, 4) is 28.9 Å². The van der Waals surface area contributed by atoms with Gasteiger partial charge >= 0.3 is 0 Å². The fraction of sp³-hybridized carbons (Fsp3) is 0.320. The first-order chi connectivity index (χ1) is 17.5. The molecule has 11 nitrogen and oxygen atoms in total. The van der Waals surface area contributed by atoms with Crippen molar-refractivity contribution in [2.24, 2.45) is 0 Å². The fourth-order valence-electron chi connectivity index (χ4n) is 3.71. The number of nitrogens with zero attached hydrogens (tertiary/aromatic N) is 4. The molecule has 11 heteroatoms. The van der Waals surface area contributed by atoms with Gasteiger partial charge in [-0.2, -0.15) is 5.10 Å². The number of carbonyl (C=O) groups is 1. The zero-order valence-corrected chi connectivity index (χ0v) is 20.8. The number of hydrogen-bond donors (Lipinski definition) is 2. The third-order valence-electron chi connectivity index (χ3n) is 5.57. The summed E-state index contributed by atoms with van der Waals surface area (Å²) in [6.45, 7) is 6.32. The van der Waals surface area contributed by atoms with Crippen LogP contribution in [0.25, 0.3) is 10.9 Å². The van der Waals surface area contributed by atoms with Gasteiger partial charge in [-0.25, -0.2) is 9.97 Å². The van der Waals surface area contributed by atoms with Crippen LogP contribution in [-0.2, 0) is 17.6 Å². The summed E-state index contributed by atoms with van der Waals surface area (Å²) in [5.41, 5.74) is 2.99. The average molecular weight is 493 g/mol. The van der Waals surface area contributed by atoms with Crippen molar-refractivity contribution in [2.45, 2.75) is 33.6 Å². The van der Waals surface area contributed by atoms with Gasteiger partial charge in [-0.15, -0.1) is 0 Å². The first-order valence-corrected chi connectivity index (χ1v) is 11.5. The van der Waals surface area contributed by atoms with E-state index in [0.717, 1.165) is 17.7 Å². The largest absolute Gasteiger partial charge is 0.495 e. The number of nitrogens with one attached hydrogen (secondary N) is 2. The lowest BCUT2D eigenvalue weighted by Crippen LogP contribution is -2.16. The molecule has 1 amide bonds. The number of pyridine rings is 1. The van der Waals surface area contributed by atoms with Gasteiger partial charge < -0.3 is 24.3 Å². The predicted octanol–water partition coefficient (Wildman–Crippen LogP) is 4.01. The quantitative estimate of drug-likeness (QED) is 0.337. The molecule has 0 unspecified atom stereocenters. The van der Waals surface area contributed by atoms with E-state index in [9.17, 15) is 4.79 Å². The molecule has 0 bridgehead atoms. The molecule has 0 aliphatic heterocycles. The summed E-state index contributed by atoms with van der Waals surface area (Å²) in [4.78, 5) is 25.6. The Balaban J connectivity index is 1.55. The number of ether oxygens (including phenoxy) is 4. The zero-order chi connectivity index (χ0) is 25.7. The van der Waals surface area contributed by atoms with Crippen LogP contribution < -0.4 is 24.3 Å². The van der Waals surface area contributed by atoms with Crippen LogP contribution in [0.4, 0.5) is 5.82 Å². The normalized spacial score (nSPS) is 10.8. The third kappa shape index (κ3) is 5.14. The minimum Gasteiger partial charge on any atom is -0.495 e. The van der Waals surface area contributed by atoms with Crippen molar-refractivity contribution < 1.29 is 23.7 Å². The Morgan fingerprint density at radius 2 is 1.83 bits per heavy atom. The second-order valence-corrected chi connectivity index (χ2v) is 7.81. The van der Waals surface area contributed by atoms with E-state index in [-0.39, 0.29) is 12.3 Å². The lowest BCUT2D eigenvalue weighted by atomic mass is 10.2. The molecule has 188 valence electrons. The molecule has 36 heavy (non-hydrogen) atoms. The number of amides is 1. The fourth-order valence-corrected chi connectivity index (χ4v) is 3.71. The highest BCUT2D eigenvalue weighted by Crippen LogP contribution is 2.36. The van der Waals surface area contributed by atoms with Gasteiger partial charge in [-0.3, -0.25) is 14.9 Å². The Morgan fingerprint density at radius 1 is 1.03 bits per heavy atom. The van der Waals surface area contributed by atoms with E-state index in [0.29, 0.717) is 57.9 Å².